The van der Waals surface area contributed by atoms with Crippen LogP contribution in [0.2, 0.25) is 0 Å². The molecule has 18 heavy (non-hydrogen) atoms. The highest BCUT2D eigenvalue weighted by Gasteiger charge is 2.31. The lowest BCUT2D eigenvalue weighted by Gasteiger charge is -2.19. The molecule has 4 nitrogen and oxygen atoms in total. The summed E-state index contributed by atoms with van der Waals surface area (Å²) >= 11 is 3.38. The molecule has 1 aliphatic rings. The first-order valence-corrected chi connectivity index (χ1v) is 6.87. The number of nitro benzene ring substituents is 1. The van der Waals surface area contributed by atoms with E-state index in [0.717, 1.165) is 23.0 Å². The third kappa shape index (κ3) is 3.02. The summed E-state index contributed by atoms with van der Waals surface area (Å²) in [6, 6.07) is 5.31. The van der Waals surface area contributed by atoms with Gasteiger partial charge >= 0.3 is 0 Å². The van der Waals surface area contributed by atoms with Crippen molar-refractivity contribution < 1.29 is 4.92 Å². The molecular weight excluding hydrogens is 296 g/mol. The minimum Gasteiger partial charge on any atom is -0.381 e. The summed E-state index contributed by atoms with van der Waals surface area (Å²) in [4.78, 5) is 10.3. The van der Waals surface area contributed by atoms with Gasteiger partial charge < -0.3 is 5.32 Å². The van der Waals surface area contributed by atoms with Gasteiger partial charge in [-0.1, -0.05) is 13.8 Å². The van der Waals surface area contributed by atoms with Gasteiger partial charge in [-0.15, -0.1) is 0 Å². The van der Waals surface area contributed by atoms with Gasteiger partial charge in [0, 0.05) is 28.3 Å². The average Bonchev–Trinajstić information content (AvgIpc) is 2.61. The van der Waals surface area contributed by atoms with Gasteiger partial charge in [0.15, 0.2) is 0 Å². The molecule has 0 spiro atoms. The molecule has 0 radical (unpaired) electrons. The van der Waals surface area contributed by atoms with E-state index in [1.54, 1.807) is 12.1 Å². The third-order valence-corrected chi connectivity index (χ3v) is 4.15. The van der Waals surface area contributed by atoms with Crippen LogP contribution >= 0.6 is 15.9 Å². The molecule has 0 saturated heterocycles. The summed E-state index contributed by atoms with van der Waals surface area (Å²) in [6.45, 7) is 4.55. The van der Waals surface area contributed by atoms with Crippen LogP contribution in [-0.2, 0) is 0 Å². The van der Waals surface area contributed by atoms with E-state index in [0.29, 0.717) is 11.5 Å². The summed E-state index contributed by atoms with van der Waals surface area (Å²) in [6.07, 6.45) is 3.50. The molecule has 0 aliphatic heterocycles. The molecule has 1 atom stereocenters. The largest absolute Gasteiger partial charge is 0.381 e. The molecule has 98 valence electrons. The van der Waals surface area contributed by atoms with Gasteiger partial charge in [0.1, 0.15) is 0 Å². The van der Waals surface area contributed by atoms with Crippen LogP contribution in [0.25, 0.3) is 0 Å². The SMILES string of the molecule is CC1(C)CCC(Nc2ccc([N+](=O)[O-])cc2Br)C1. The smallest absolute Gasteiger partial charge is 0.270 e. The summed E-state index contributed by atoms with van der Waals surface area (Å²) < 4.78 is 0.751. The zero-order chi connectivity index (χ0) is 13.3. The van der Waals surface area contributed by atoms with Crippen molar-refractivity contribution >= 4 is 27.3 Å². The van der Waals surface area contributed by atoms with Crippen molar-refractivity contribution in [1.82, 2.24) is 0 Å². The van der Waals surface area contributed by atoms with E-state index in [4.69, 9.17) is 0 Å². The lowest BCUT2D eigenvalue weighted by Crippen LogP contribution is -2.17. The van der Waals surface area contributed by atoms with Crippen LogP contribution < -0.4 is 5.32 Å². The first-order valence-electron chi connectivity index (χ1n) is 6.08. The third-order valence-electron chi connectivity index (χ3n) is 3.49. The van der Waals surface area contributed by atoms with Gasteiger partial charge in [0.05, 0.1) is 4.92 Å². The Hall–Kier alpha value is -1.10. The number of halogens is 1. The van der Waals surface area contributed by atoms with Crippen LogP contribution in [-0.4, -0.2) is 11.0 Å². The van der Waals surface area contributed by atoms with E-state index in [1.165, 1.54) is 12.5 Å². The molecule has 2 rings (SSSR count). The number of anilines is 1. The van der Waals surface area contributed by atoms with E-state index in [2.05, 4.69) is 35.1 Å². The maximum Gasteiger partial charge on any atom is 0.270 e. The summed E-state index contributed by atoms with van der Waals surface area (Å²) in [7, 11) is 0. The van der Waals surface area contributed by atoms with E-state index in [9.17, 15) is 10.1 Å². The Morgan fingerprint density at radius 1 is 1.50 bits per heavy atom. The Labute approximate surface area is 115 Å². The minimum absolute atomic E-state index is 0.110. The summed E-state index contributed by atoms with van der Waals surface area (Å²) in [5.41, 5.74) is 1.44. The maximum absolute atomic E-state index is 10.7. The Morgan fingerprint density at radius 3 is 2.72 bits per heavy atom. The maximum atomic E-state index is 10.7. The number of hydrogen-bond acceptors (Lipinski definition) is 3. The molecule has 0 amide bonds. The number of nitrogens with zero attached hydrogens (tertiary/aromatic N) is 1. The Kier molecular flexibility index (Phi) is 3.61. The Morgan fingerprint density at radius 2 is 2.22 bits per heavy atom. The molecule has 1 saturated carbocycles. The standard InChI is InChI=1S/C13H17BrN2O2/c1-13(2)6-5-9(8-13)15-12-4-3-10(16(17)18)7-11(12)14/h3-4,7,9,15H,5-6,8H2,1-2H3. The van der Waals surface area contributed by atoms with Crippen LogP contribution in [0.5, 0.6) is 0 Å². The van der Waals surface area contributed by atoms with Crippen molar-refractivity contribution in [3.63, 3.8) is 0 Å². The predicted octanol–water partition coefficient (Wildman–Crippen LogP) is 4.35. The Bertz CT molecular complexity index is 474. The highest BCUT2D eigenvalue weighted by molar-refractivity contribution is 9.10. The van der Waals surface area contributed by atoms with Crippen molar-refractivity contribution in [2.75, 3.05) is 5.32 Å². The molecular formula is C13H17BrN2O2. The predicted molar refractivity (Wildman–Crippen MR) is 75.8 cm³/mol. The highest BCUT2D eigenvalue weighted by atomic mass is 79.9. The number of benzene rings is 1. The zero-order valence-electron chi connectivity index (χ0n) is 10.6. The van der Waals surface area contributed by atoms with Crippen LogP contribution in [0.3, 0.4) is 0 Å². The fourth-order valence-corrected chi connectivity index (χ4v) is 3.00. The van der Waals surface area contributed by atoms with Crippen molar-refractivity contribution in [3.8, 4) is 0 Å². The van der Waals surface area contributed by atoms with Crippen molar-refractivity contribution in [1.29, 1.82) is 0 Å². The zero-order valence-corrected chi connectivity index (χ0v) is 12.2. The second kappa shape index (κ2) is 4.88. The lowest BCUT2D eigenvalue weighted by atomic mass is 9.92. The fraction of sp³-hybridized carbons (Fsp3) is 0.538. The van der Waals surface area contributed by atoms with Gasteiger partial charge in [-0.25, -0.2) is 0 Å². The first-order chi connectivity index (χ1) is 8.37. The number of rotatable bonds is 3. The normalized spacial score (nSPS) is 21.8. The van der Waals surface area contributed by atoms with Gasteiger partial charge in [0.25, 0.3) is 5.69 Å². The van der Waals surface area contributed by atoms with Crippen LogP contribution in [0.1, 0.15) is 33.1 Å². The molecule has 1 aliphatic carbocycles. The molecule has 5 heteroatoms. The fourth-order valence-electron chi connectivity index (χ4n) is 2.51. The molecule has 1 aromatic carbocycles. The number of nitro groups is 1. The second-order valence-corrected chi connectivity index (χ2v) is 6.52. The van der Waals surface area contributed by atoms with E-state index < -0.39 is 0 Å². The van der Waals surface area contributed by atoms with E-state index >= 15 is 0 Å². The average molecular weight is 313 g/mol. The van der Waals surface area contributed by atoms with E-state index in [1.807, 2.05) is 0 Å². The number of nitrogens with one attached hydrogen (secondary N) is 1. The second-order valence-electron chi connectivity index (χ2n) is 5.67. The van der Waals surface area contributed by atoms with Gasteiger partial charge in [-0.3, -0.25) is 10.1 Å². The highest BCUT2D eigenvalue weighted by Crippen LogP contribution is 2.39. The van der Waals surface area contributed by atoms with Crippen LogP contribution in [0.15, 0.2) is 22.7 Å². The molecule has 0 aromatic heterocycles. The lowest BCUT2D eigenvalue weighted by molar-refractivity contribution is -0.384. The van der Waals surface area contributed by atoms with Gasteiger partial charge in [0.2, 0.25) is 0 Å². The summed E-state index contributed by atoms with van der Waals surface area (Å²) in [5.74, 6) is 0. The number of hydrogen-bond donors (Lipinski definition) is 1. The van der Waals surface area contributed by atoms with Crippen LogP contribution in [0, 0.1) is 15.5 Å². The molecule has 0 bridgehead atoms. The van der Waals surface area contributed by atoms with Gasteiger partial charge in [-0.2, -0.15) is 0 Å². The van der Waals surface area contributed by atoms with Crippen molar-refractivity contribution in [2.45, 2.75) is 39.2 Å². The Balaban J connectivity index is 2.09. The topological polar surface area (TPSA) is 55.2 Å². The summed E-state index contributed by atoms with van der Waals surface area (Å²) in [5, 5.41) is 14.1. The molecule has 1 fully saturated rings. The first kappa shape index (κ1) is 13.3. The van der Waals surface area contributed by atoms with E-state index in [-0.39, 0.29) is 10.6 Å². The van der Waals surface area contributed by atoms with Crippen molar-refractivity contribution in [3.05, 3.63) is 32.8 Å². The minimum atomic E-state index is -0.382. The van der Waals surface area contributed by atoms with Crippen LogP contribution in [0.4, 0.5) is 11.4 Å². The quantitative estimate of drug-likeness (QED) is 0.667. The molecule has 0 heterocycles. The molecule has 1 N–H and O–H groups in total. The molecule has 1 unspecified atom stereocenters. The van der Waals surface area contributed by atoms with Crippen molar-refractivity contribution in [2.24, 2.45) is 5.41 Å². The monoisotopic (exact) mass is 312 g/mol. The van der Waals surface area contributed by atoms with Gasteiger partial charge in [-0.05, 0) is 46.7 Å². The number of non-ortho nitro benzene ring substituents is 1. The molecule has 1 aromatic rings.